The van der Waals surface area contributed by atoms with Crippen LogP contribution in [0.15, 0.2) is 35.7 Å². The number of carbonyl (C=O) groups is 2. The van der Waals surface area contributed by atoms with Gasteiger partial charge in [-0.3, -0.25) is 4.79 Å². The van der Waals surface area contributed by atoms with Crippen LogP contribution in [0.3, 0.4) is 0 Å². The zero-order chi connectivity index (χ0) is 15.2. The first kappa shape index (κ1) is 14.9. The second-order valence-electron chi connectivity index (χ2n) is 4.08. The Hall–Kier alpha value is -2.51. The minimum absolute atomic E-state index is 0.299. The Morgan fingerprint density at radius 1 is 1.43 bits per heavy atom. The number of hydrogen-bond donors (Lipinski definition) is 3. The van der Waals surface area contributed by atoms with Crippen LogP contribution in [0.25, 0.3) is 6.08 Å². The molecule has 0 aliphatic heterocycles. The van der Waals surface area contributed by atoms with Crippen molar-refractivity contribution in [1.82, 2.24) is 4.98 Å². The van der Waals surface area contributed by atoms with Gasteiger partial charge in [-0.1, -0.05) is 12.1 Å². The average molecular weight is 303 g/mol. The lowest BCUT2D eigenvalue weighted by atomic mass is 10.2. The molecule has 0 spiro atoms. The minimum atomic E-state index is -1.03. The summed E-state index contributed by atoms with van der Waals surface area (Å²) >= 11 is 1.33. The lowest BCUT2D eigenvalue weighted by Crippen LogP contribution is -2.12. The van der Waals surface area contributed by atoms with Gasteiger partial charge in [-0.2, -0.15) is 0 Å². The van der Waals surface area contributed by atoms with Crippen LogP contribution >= 0.6 is 11.3 Å². The van der Waals surface area contributed by atoms with Gasteiger partial charge in [0.1, 0.15) is 10.7 Å². The Morgan fingerprint density at radius 3 is 2.90 bits per heavy atom. The van der Waals surface area contributed by atoms with Crippen molar-refractivity contribution >= 4 is 35.0 Å². The molecule has 7 heteroatoms. The topological polar surface area (TPSA) is 105 Å². The molecular weight excluding hydrogens is 290 g/mol. The molecule has 0 aliphatic rings. The number of hydrogen-bond acceptors (Lipinski definition) is 5. The summed E-state index contributed by atoms with van der Waals surface area (Å²) < 4.78 is 0. The SMILES string of the molecule is NCc1nc(C(=O)Nc2cccc(/C=C/C(=O)O)c2)cs1. The number of aliphatic carboxylic acids is 1. The molecule has 0 aliphatic carbocycles. The monoisotopic (exact) mass is 303 g/mol. The fraction of sp³-hybridized carbons (Fsp3) is 0.0714. The van der Waals surface area contributed by atoms with E-state index in [9.17, 15) is 9.59 Å². The molecule has 1 aromatic heterocycles. The van der Waals surface area contributed by atoms with Gasteiger partial charge in [-0.15, -0.1) is 11.3 Å². The summed E-state index contributed by atoms with van der Waals surface area (Å²) in [6, 6.07) is 6.85. The third-order valence-electron chi connectivity index (χ3n) is 2.52. The highest BCUT2D eigenvalue weighted by molar-refractivity contribution is 7.09. The molecule has 21 heavy (non-hydrogen) atoms. The maximum Gasteiger partial charge on any atom is 0.328 e. The first-order valence-electron chi connectivity index (χ1n) is 6.05. The fourth-order valence-corrected chi connectivity index (χ4v) is 2.25. The molecule has 0 bridgehead atoms. The minimum Gasteiger partial charge on any atom is -0.478 e. The molecule has 4 N–H and O–H groups in total. The Morgan fingerprint density at radius 2 is 2.24 bits per heavy atom. The predicted octanol–water partition coefficient (Wildman–Crippen LogP) is 1.95. The number of rotatable bonds is 5. The molecule has 108 valence electrons. The van der Waals surface area contributed by atoms with Crippen molar-refractivity contribution in [3.8, 4) is 0 Å². The van der Waals surface area contributed by atoms with E-state index in [1.165, 1.54) is 17.4 Å². The smallest absolute Gasteiger partial charge is 0.328 e. The maximum absolute atomic E-state index is 12.0. The second-order valence-corrected chi connectivity index (χ2v) is 5.02. The Kier molecular flexibility index (Phi) is 4.81. The lowest BCUT2D eigenvalue weighted by Gasteiger charge is -2.04. The highest BCUT2D eigenvalue weighted by atomic mass is 32.1. The van der Waals surface area contributed by atoms with Crippen molar-refractivity contribution in [2.75, 3.05) is 5.32 Å². The quantitative estimate of drug-likeness (QED) is 0.732. The van der Waals surface area contributed by atoms with Gasteiger partial charge in [-0.25, -0.2) is 9.78 Å². The van der Waals surface area contributed by atoms with E-state index in [1.807, 2.05) is 0 Å². The van der Waals surface area contributed by atoms with Crippen LogP contribution in [0, 0.1) is 0 Å². The van der Waals surface area contributed by atoms with E-state index >= 15 is 0 Å². The largest absolute Gasteiger partial charge is 0.478 e. The lowest BCUT2D eigenvalue weighted by molar-refractivity contribution is -0.131. The van der Waals surface area contributed by atoms with Gasteiger partial charge in [0.15, 0.2) is 0 Å². The van der Waals surface area contributed by atoms with E-state index in [0.29, 0.717) is 28.5 Å². The molecule has 2 aromatic rings. The molecule has 1 aromatic carbocycles. The van der Waals surface area contributed by atoms with Crippen LogP contribution in [0.1, 0.15) is 21.1 Å². The van der Waals surface area contributed by atoms with Gasteiger partial charge in [0.05, 0.1) is 0 Å². The van der Waals surface area contributed by atoms with Crippen molar-refractivity contribution in [3.63, 3.8) is 0 Å². The summed E-state index contributed by atoms with van der Waals surface area (Å²) in [6.45, 7) is 0.299. The number of benzene rings is 1. The number of anilines is 1. The molecule has 6 nitrogen and oxygen atoms in total. The summed E-state index contributed by atoms with van der Waals surface area (Å²) in [5.41, 5.74) is 7.01. The van der Waals surface area contributed by atoms with Crippen LogP contribution in [-0.4, -0.2) is 22.0 Å². The van der Waals surface area contributed by atoms with E-state index in [1.54, 1.807) is 29.6 Å². The molecule has 0 radical (unpaired) electrons. The van der Waals surface area contributed by atoms with E-state index in [4.69, 9.17) is 10.8 Å². The van der Waals surface area contributed by atoms with Crippen LogP contribution in [-0.2, 0) is 11.3 Å². The number of aromatic nitrogens is 1. The zero-order valence-electron chi connectivity index (χ0n) is 10.9. The van der Waals surface area contributed by atoms with Gasteiger partial charge in [0.25, 0.3) is 5.91 Å². The van der Waals surface area contributed by atoms with Crippen LogP contribution in [0.2, 0.25) is 0 Å². The number of amides is 1. The third kappa shape index (κ3) is 4.23. The summed E-state index contributed by atoms with van der Waals surface area (Å²) in [5, 5.41) is 13.6. The summed E-state index contributed by atoms with van der Waals surface area (Å²) in [4.78, 5) is 26.6. The molecule has 0 fully saturated rings. The molecule has 0 unspecified atom stereocenters. The van der Waals surface area contributed by atoms with Gasteiger partial charge >= 0.3 is 5.97 Å². The normalized spacial score (nSPS) is 10.7. The zero-order valence-corrected chi connectivity index (χ0v) is 11.8. The predicted molar refractivity (Wildman–Crippen MR) is 81.1 cm³/mol. The molecule has 0 atom stereocenters. The Balaban J connectivity index is 2.10. The van der Waals surface area contributed by atoms with Gasteiger partial charge in [0, 0.05) is 23.7 Å². The highest BCUT2D eigenvalue weighted by Gasteiger charge is 2.10. The number of carboxylic acids is 1. The van der Waals surface area contributed by atoms with Crippen LogP contribution < -0.4 is 11.1 Å². The molecule has 0 saturated heterocycles. The standard InChI is InChI=1S/C14H13N3O3S/c15-7-12-17-11(8-21-12)14(20)16-10-3-1-2-9(6-10)4-5-13(18)19/h1-6,8H,7,15H2,(H,16,20)(H,18,19)/b5-4+. The summed E-state index contributed by atoms with van der Waals surface area (Å²) in [6.07, 6.45) is 2.49. The first-order valence-corrected chi connectivity index (χ1v) is 6.93. The number of nitrogens with two attached hydrogens (primary N) is 1. The molecule has 1 heterocycles. The molecule has 0 saturated carbocycles. The van der Waals surface area contributed by atoms with E-state index in [0.717, 1.165) is 6.08 Å². The van der Waals surface area contributed by atoms with Crippen molar-refractivity contribution < 1.29 is 14.7 Å². The Labute approximate surface area is 124 Å². The second kappa shape index (κ2) is 6.78. The number of nitrogens with one attached hydrogen (secondary N) is 1. The van der Waals surface area contributed by atoms with E-state index < -0.39 is 5.97 Å². The third-order valence-corrected chi connectivity index (χ3v) is 3.39. The highest BCUT2D eigenvalue weighted by Crippen LogP contribution is 2.15. The van der Waals surface area contributed by atoms with Gasteiger partial charge in [0.2, 0.25) is 0 Å². The van der Waals surface area contributed by atoms with Crippen LogP contribution in [0.5, 0.6) is 0 Å². The number of thiazole rings is 1. The van der Waals surface area contributed by atoms with Crippen molar-refractivity contribution in [2.45, 2.75) is 6.54 Å². The number of nitrogens with zero attached hydrogens (tertiary/aromatic N) is 1. The van der Waals surface area contributed by atoms with Crippen LogP contribution in [0.4, 0.5) is 5.69 Å². The summed E-state index contributed by atoms with van der Waals surface area (Å²) in [5.74, 6) is -1.36. The van der Waals surface area contributed by atoms with E-state index in [2.05, 4.69) is 10.3 Å². The first-order chi connectivity index (χ1) is 10.1. The maximum atomic E-state index is 12.0. The molecule has 1 amide bonds. The number of carboxylic acid groups (broad SMARTS) is 1. The molecule has 2 rings (SSSR count). The fourth-order valence-electron chi connectivity index (χ4n) is 1.59. The summed E-state index contributed by atoms with van der Waals surface area (Å²) in [7, 11) is 0. The van der Waals surface area contributed by atoms with Gasteiger partial charge < -0.3 is 16.2 Å². The van der Waals surface area contributed by atoms with E-state index in [-0.39, 0.29) is 5.91 Å². The molecular formula is C14H13N3O3S. The number of carbonyl (C=O) groups excluding carboxylic acids is 1. The van der Waals surface area contributed by atoms with Crippen molar-refractivity contribution in [2.24, 2.45) is 5.73 Å². The Bertz CT molecular complexity index is 694. The van der Waals surface area contributed by atoms with Crippen molar-refractivity contribution in [1.29, 1.82) is 0 Å². The average Bonchev–Trinajstić information content (AvgIpc) is 2.94. The van der Waals surface area contributed by atoms with Crippen molar-refractivity contribution in [3.05, 3.63) is 52.0 Å². The van der Waals surface area contributed by atoms with Gasteiger partial charge in [-0.05, 0) is 23.8 Å².